The van der Waals surface area contributed by atoms with Gasteiger partial charge in [0.1, 0.15) is 11.8 Å². The van der Waals surface area contributed by atoms with Gasteiger partial charge in [0.05, 0.1) is 0 Å². The Hall–Kier alpha value is -2.21. The minimum Gasteiger partial charge on any atom is -0.236 e. The summed E-state index contributed by atoms with van der Waals surface area (Å²) >= 11 is 0. The van der Waals surface area contributed by atoms with Crippen LogP contribution in [0.5, 0.6) is 0 Å². The molecule has 0 fully saturated rings. The van der Waals surface area contributed by atoms with Crippen LogP contribution in [0.4, 0.5) is 0 Å². The van der Waals surface area contributed by atoms with Gasteiger partial charge in [-0.25, -0.2) is 9.97 Å². The van der Waals surface area contributed by atoms with Crippen LogP contribution in [-0.4, -0.2) is 9.97 Å². The molecule has 3 nitrogen and oxygen atoms in total. The van der Waals surface area contributed by atoms with Crippen molar-refractivity contribution in [1.82, 2.24) is 9.97 Å². The van der Waals surface area contributed by atoms with Crippen molar-refractivity contribution in [2.45, 2.75) is 26.2 Å². The minimum atomic E-state index is 0.133. The lowest BCUT2D eigenvalue weighted by Gasteiger charge is -2.18. The van der Waals surface area contributed by atoms with E-state index in [0.717, 1.165) is 5.56 Å². The SMILES string of the molecule is CC(C)(C)c1ccc(-c2nccc(C#N)n2)cc1. The molecule has 0 bridgehead atoms. The fraction of sp³-hybridized carbons (Fsp3) is 0.267. The molecule has 0 aliphatic heterocycles. The Kier molecular flexibility index (Phi) is 3.12. The van der Waals surface area contributed by atoms with Crippen molar-refractivity contribution < 1.29 is 0 Å². The lowest BCUT2D eigenvalue weighted by molar-refractivity contribution is 0.590. The van der Waals surface area contributed by atoms with E-state index in [-0.39, 0.29) is 5.41 Å². The van der Waals surface area contributed by atoms with E-state index in [1.807, 2.05) is 18.2 Å². The molecule has 1 aromatic heterocycles. The first-order valence-corrected chi connectivity index (χ1v) is 5.85. The fourth-order valence-corrected chi connectivity index (χ4v) is 1.68. The Labute approximate surface area is 107 Å². The van der Waals surface area contributed by atoms with Gasteiger partial charge in [-0.05, 0) is 17.0 Å². The molecular formula is C15H15N3. The van der Waals surface area contributed by atoms with E-state index < -0.39 is 0 Å². The van der Waals surface area contributed by atoms with Gasteiger partial charge < -0.3 is 0 Å². The van der Waals surface area contributed by atoms with Crippen LogP contribution in [0.3, 0.4) is 0 Å². The minimum absolute atomic E-state index is 0.133. The third kappa shape index (κ3) is 2.54. The van der Waals surface area contributed by atoms with E-state index >= 15 is 0 Å². The van der Waals surface area contributed by atoms with Crippen LogP contribution in [0.15, 0.2) is 36.5 Å². The first-order valence-electron chi connectivity index (χ1n) is 5.85. The van der Waals surface area contributed by atoms with Gasteiger partial charge in [-0.15, -0.1) is 0 Å². The van der Waals surface area contributed by atoms with Crippen molar-refractivity contribution in [2.75, 3.05) is 0 Å². The smallest absolute Gasteiger partial charge is 0.160 e. The molecular weight excluding hydrogens is 222 g/mol. The average molecular weight is 237 g/mol. The highest BCUT2D eigenvalue weighted by molar-refractivity contribution is 5.56. The normalized spacial score (nSPS) is 11.0. The molecule has 0 amide bonds. The maximum Gasteiger partial charge on any atom is 0.160 e. The first-order chi connectivity index (χ1) is 8.50. The Morgan fingerprint density at radius 3 is 2.28 bits per heavy atom. The van der Waals surface area contributed by atoms with E-state index in [0.29, 0.717) is 11.5 Å². The largest absolute Gasteiger partial charge is 0.236 e. The molecule has 0 saturated heterocycles. The molecule has 0 radical (unpaired) electrons. The van der Waals surface area contributed by atoms with Crippen LogP contribution >= 0.6 is 0 Å². The van der Waals surface area contributed by atoms with Crippen LogP contribution in [0.1, 0.15) is 32.0 Å². The lowest BCUT2D eigenvalue weighted by Crippen LogP contribution is -2.10. The topological polar surface area (TPSA) is 49.6 Å². The fourth-order valence-electron chi connectivity index (χ4n) is 1.68. The molecule has 0 atom stereocenters. The Morgan fingerprint density at radius 1 is 1.06 bits per heavy atom. The van der Waals surface area contributed by atoms with Crippen LogP contribution in [0.2, 0.25) is 0 Å². The highest BCUT2D eigenvalue weighted by atomic mass is 14.9. The second-order valence-electron chi connectivity index (χ2n) is 5.20. The first kappa shape index (κ1) is 12.3. The molecule has 0 aliphatic rings. The molecule has 3 heteroatoms. The average Bonchev–Trinajstić information content (AvgIpc) is 2.38. The van der Waals surface area contributed by atoms with Gasteiger partial charge in [0.15, 0.2) is 5.82 Å². The molecule has 0 spiro atoms. The third-order valence-corrected chi connectivity index (χ3v) is 2.78. The predicted molar refractivity (Wildman–Crippen MR) is 70.9 cm³/mol. The second-order valence-corrected chi connectivity index (χ2v) is 5.20. The molecule has 1 aromatic carbocycles. The van der Waals surface area contributed by atoms with Crippen molar-refractivity contribution in [3.8, 4) is 17.5 Å². The van der Waals surface area contributed by atoms with E-state index in [1.54, 1.807) is 12.3 Å². The van der Waals surface area contributed by atoms with Crippen LogP contribution in [0, 0.1) is 11.3 Å². The van der Waals surface area contributed by atoms with Gasteiger partial charge in [0.25, 0.3) is 0 Å². The summed E-state index contributed by atoms with van der Waals surface area (Å²) in [5.41, 5.74) is 2.72. The van der Waals surface area contributed by atoms with Crippen molar-refractivity contribution in [3.63, 3.8) is 0 Å². The zero-order valence-electron chi connectivity index (χ0n) is 10.8. The number of nitrogens with zero attached hydrogens (tertiary/aromatic N) is 3. The van der Waals surface area contributed by atoms with Crippen molar-refractivity contribution >= 4 is 0 Å². The van der Waals surface area contributed by atoms with Gasteiger partial charge in [-0.2, -0.15) is 5.26 Å². The molecule has 0 saturated carbocycles. The number of benzene rings is 1. The highest BCUT2D eigenvalue weighted by Gasteiger charge is 2.13. The molecule has 2 aromatic rings. The Bertz CT molecular complexity index is 586. The zero-order chi connectivity index (χ0) is 13.2. The molecule has 0 aliphatic carbocycles. The summed E-state index contributed by atoms with van der Waals surface area (Å²) in [5.74, 6) is 0.592. The monoisotopic (exact) mass is 237 g/mol. The molecule has 2 rings (SSSR count). The molecule has 18 heavy (non-hydrogen) atoms. The van der Waals surface area contributed by atoms with Crippen molar-refractivity contribution in [1.29, 1.82) is 5.26 Å². The Morgan fingerprint density at radius 2 is 1.72 bits per heavy atom. The second kappa shape index (κ2) is 4.58. The maximum absolute atomic E-state index is 8.82. The molecule has 0 unspecified atom stereocenters. The van der Waals surface area contributed by atoms with Crippen LogP contribution in [0.25, 0.3) is 11.4 Å². The molecule has 1 heterocycles. The number of hydrogen-bond acceptors (Lipinski definition) is 3. The third-order valence-electron chi connectivity index (χ3n) is 2.78. The summed E-state index contributed by atoms with van der Waals surface area (Å²) in [7, 11) is 0. The van der Waals surface area contributed by atoms with Crippen molar-refractivity contribution in [2.24, 2.45) is 0 Å². The quantitative estimate of drug-likeness (QED) is 0.764. The molecule has 90 valence electrons. The highest BCUT2D eigenvalue weighted by Crippen LogP contribution is 2.24. The Balaban J connectivity index is 2.38. The van der Waals surface area contributed by atoms with Crippen molar-refractivity contribution in [3.05, 3.63) is 47.8 Å². The van der Waals surface area contributed by atoms with Gasteiger partial charge in [0.2, 0.25) is 0 Å². The number of aromatic nitrogens is 2. The van der Waals surface area contributed by atoms with E-state index in [2.05, 4.69) is 42.9 Å². The van der Waals surface area contributed by atoms with Gasteiger partial charge in [-0.1, -0.05) is 45.0 Å². The summed E-state index contributed by atoms with van der Waals surface area (Å²) in [6.45, 7) is 6.53. The summed E-state index contributed by atoms with van der Waals surface area (Å²) in [6, 6.07) is 11.8. The summed E-state index contributed by atoms with van der Waals surface area (Å²) < 4.78 is 0. The van der Waals surface area contributed by atoms with Gasteiger partial charge in [-0.3, -0.25) is 0 Å². The van der Waals surface area contributed by atoms with E-state index in [1.165, 1.54) is 5.56 Å². The maximum atomic E-state index is 8.82. The standard InChI is InChI=1S/C15H15N3/c1-15(2,3)12-6-4-11(5-7-12)14-17-9-8-13(10-16)18-14/h4-9H,1-3H3. The van der Waals surface area contributed by atoms with Gasteiger partial charge >= 0.3 is 0 Å². The zero-order valence-corrected chi connectivity index (χ0v) is 10.8. The number of hydrogen-bond donors (Lipinski definition) is 0. The van der Waals surface area contributed by atoms with E-state index in [9.17, 15) is 0 Å². The summed E-state index contributed by atoms with van der Waals surface area (Å²) in [4.78, 5) is 8.37. The number of nitriles is 1. The summed E-state index contributed by atoms with van der Waals surface area (Å²) in [6.07, 6.45) is 1.61. The van der Waals surface area contributed by atoms with Crippen LogP contribution in [-0.2, 0) is 5.41 Å². The number of rotatable bonds is 1. The van der Waals surface area contributed by atoms with Gasteiger partial charge in [0, 0.05) is 11.8 Å². The molecule has 0 N–H and O–H groups in total. The summed E-state index contributed by atoms with van der Waals surface area (Å²) in [5, 5.41) is 8.82. The van der Waals surface area contributed by atoms with E-state index in [4.69, 9.17) is 5.26 Å². The lowest BCUT2D eigenvalue weighted by atomic mass is 9.87. The van der Waals surface area contributed by atoms with Crippen LogP contribution < -0.4 is 0 Å². The predicted octanol–water partition coefficient (Wildman–Crippen LogP) is 3.31.